The van der Waals surface area contributed by atoms with Gasteiger partial charge in [0.15, 0.2) is 0 Å². The fourth-order valence-electron chi connectivity index (χ4n) is 2.70. The Balaban J connectivity index is 1.81. The van der Waals surface area contributed by atoms with E-state index in [2.05, 4.69) is 36.3 Å². The molecular formula is C15H25N3OS. The molecule has 1 saturated heterocycles. The number of aryl methyl sites for hydroxylation is 1. The van der Waals surface area contributed by atoms with Gasteiger partial charge >= 0.3 is 6.03 Å². The highest BCUT2D eigenvalue weighted by Gasteiger charge is 2.23. The summed E-state index contributed by atoms with van der Waals surface area (Å²) in [5.41, 5.74) is 0. The van der Waals surface area contributed by atoms with Crippen molar-refractivity contribution in [2.45, 2.75) is 26.3 Å². The van der Waals surface area contributed by atoms with Crippen LogP contribution in [0, 0.1) is 12.8 Å². The van der Waals surface area contributed by atoms with Gasteiger partial charge in [-0.3, -0.25) is 0 Å². The summed E-state index contributed by atoms with van der Waals surface area (Å²) in [6.07, 6.45) is 1.19. The topological polar surface area (TPSA) is 35.6 Å². The van der Waals surface area contributed by atoms with E-state index < -0.39 is 0 Å². The second-order valence-corrected chi connectivity index (χ2v) is 7.24. The van der Waals surface area contributed by atoms with E-state index in [-0.39, 0.29) is 12.1 Å². The fourth-order valence-corrected chi connectivity index (χ4v) is 3.58. The Kier molecular flexibility index (Phi) is 5.05. The Morgan fingerprint density at radius 3 is 2.90 bits per heavy atom. The smallest absolute Gasteiger partial charge is 0.317 e. The van der Waals surface area contributed by atoms with Gasteiger partial charge in [-0.15, -0.1) is 11.3 Å². The second-order valence-electron chi connectivity index (χ2n) is 5.92. The van der Waals surface area contributed by atoms with Crippen LogP contribution < -0.4 is 5.32 Å². The molecule has 0 spiro atoms. The van der Waals surface area contributed by atoms with Crippen LogP contribution in [0.5, 0.6) is 0 Å². The van der Waals surface area contributed by atoms with Crippen LogP contribution in [0.4, 0.5) is 4.79 Å². The van der Waals surface area contributed by atoms with Gasteiger partial charge in [0.25, 0.3) is 0 Å². The first-order valence-electron chi connectivity index (χ1n) is 7.22. The predicted octanol–water partition coefficient (Wildman–Crippen LogP) is 2.71. The highest BCUT2D eigenvalue weighted by atomic mass is 32.1. The van der Waals surface area contributed by atoms with E-state index in [1.54, 1.807) is 11.3 Å². The minimum Gasteiger partial charge on any atom is -0.331 e. The number of nitrogens with one attached hydrogen (secondary N) is 1. The molecule has 1 aromatic rings. The monoisotopic (exact) mass is 295 g/mol. The summed E-state index contributed by atoms with van der Waals surface area (Å²) in [6, 6.07) is 4.30. The number of thiophene rings is 1. The van der Waals surface area contributed by atoms with Gasteiger partial charge in [-0.1, -0.05) is 0 Å². The predicted molar refractivity (Wildman–Crippen MR) is 84.2 cm³/mol. The molecule has 0 bridgehead atoms. The number of likely N-dealkylation sites (tertiary alicyclic amines) is 1. The molecule has 2 rings (SSSR count). The van der Waals surface area contributed by atoms with E-state index >= 15 is 0 Å². The molecule has 1 aliphatic rings. The molecule has 1 N–H and O–H groups in total. The normalized spacial score (nSPS) is 20.9. The summed E-state index contributed by atoms with van der Waals surface area (Å²) in [4.78, 5) is 18.8. The molecule has 2 atom stereocenters. The second kappa shape index (κ2) is 6.59. The number of carbonyl (C=O) groups is 1. The number of amides is 2. The molecule has 4 nitrogen and oxygen atoms in total. The molecule has 2 amide bonds. The van der Waals surface area contributed by atoms with Gasteiger partial charge in [-0.2, -0.15) is 0 Å². The molecule has 112 valence electrons. The molecule has 0 unspecified atom stereocenters. The van der Waals surface area contributed by atoms with Crippen LogP contribution in [0.3, 0.4) is 0 Å². The van der Waals surface area contributed by atoms with Gasteiger partial charge in [-0.05, 0) is 51.9 Å². The van der Waals surface area contributed by atoms with Gasteiger partial charge < -0.3 is 15.1 Å². The summed E-state index contributed by atoms with van der Waals surface area (Å²) in [6.45, 7) is 7.21. The third-order valence-corrected chi connectivity index (χ3v) is 5.08. The lowest BCUT2D eigenvalue weighted by Gasteiger charge is -2.23. The highest BCUT2D eigenvalue weighted by Crippen LogP contribution is 2.22. The fraction of sp³-hybridized carbons (Fsp3) is 0.667. The van der Waals surface area contributed by atoms with Crippen LogP contribution in [0.1, 0.15) is 29.1 Å². The highest BCUT2D eigenvalue weighted by molar-refractivity contribution is 7.12. The van der Waals surface area contributed by atoms with E-state index in [1.165, 1.54) is 16.2 Å². The maximum Gasteiger partial charge on any atom is 0.317 e. The van der Waals surface area contributed by atoms with Crippen LogP contribution in [0.2, 0.25) is 0 Å². The van der Waals surface area contributed by atoms with Crippen molar-refractivity contribution >= 4 is 17.4 Å². The molecule has 20 heavy (non-hydrogen) atoms. The Labute approximate surface area is 125 Å². The summed E-state index contributed by atoms with van der Waals surface area (Å²) in [7, 11) is 4.03. The van der Waals surface area contributed by atoms with Gasteiger partial charge in [0.05, 0.1) is 6.04 Å². The molecule has 5 heteroatoms. The van der Waals surface area contributed by atoms with E-state index in [0.29, 0.717) is 5.92 Å². The van der Waals surface area contributed by atoms with Crippen molar-refractivity contribution in [1.29, 1.82) is 0 Å². The molecule has 1 aromatic heterocycles. The molecule has 0 aromatic carbocycles. The van der Waals surface area contributed by atoms with Crippen molar-refractivity contribution in [3.63, 3.8) is 0 Å². The van der Waals surface area contributed by atoms with E-state index in [9.17, 15) is 4.79 Å². The first kappa shape index (κ1) is 15.3. The van der Waals surface area contributed by atoms with Gasteiger partial charge in [-0.25, -0.2) is 4.79 Å². The molecule has 0 radical (unpaired) electrons. The van der Waals surface area contributed by atoms with Crippen LogP contribution >= 0.6 is 11.3 Å². The summed E-state index contributed by atoms with van der Waals surface area (Å²) < 4.78 is 0. The zero-order valence-electron chi connectivity index (χ0n) is 12.8. The van der Waals surface area contributed by atoms with Crippen molar-refractivity contribution in [3.8, 4) is 0 Å². The lowest BCUT2D eigenvalue weighted by molar-refractivity contribution is 0.197. The summed E-state index contributed by atoms with van der Waals surface area (Å²) in [5, 5.41) is 3.08. The first-order chi connectivity index (χ1) is 9.45. The van der Waals surface area contributed by atoms with Crippen molar-refractivity contribution in [2.24, 2.45) is 5.92 Å². The lowest BCUT2D eigenvalue weighted by atomic mass is 10.1. The number of hydrogen-bond acceptors (Lipinski definition) is 3. The quantitative estimate of drug-likeness (QED) is 0.927. The third-order valence-electron chi connectivity index (χ3n) is 3.90. The summed E-state index contributed by atoms with van der Waals surface area (Å²) in [5.74, 6) is 0.607. The van der Waals surface area contributed by atoms with Crippen molar-refractivity contribution in [1.82, 2.24) is 15.1 Å². The minimum absolute atomic E-state index is 0.0260. The Bertz CT molecular complexity index is 460. The first-order valence-corrected chi connectivity index (χ1v) is 8.04. The van der Waals surface area contributed by atoms with Crippen molar-refractivity contribution in [3.05, 3.63) is 21.9 Å². The van der Waals surface area contributed by atoms with Gasteiger partial charge in [0, 0.05) is 29.9 Å². The van der Waals surface area contributed by atoms with E-state index in [0.717, 1.165) is 19.6 Å². The molecule has 1 aliphatic heterocycles. The van der Waals surface area contributed by atoms with Gasteiger partial charge in [0.2, 0.25) is 0 Å². The maximum atomic E-state index is 12.2. The number of urea groups is 1. The largest absolute Gasteiger partial charge is 0.331 e. The average Bonchev–Trinajstić information content (AvgIpc) is 2.98. The van der Waals surface area contributed by atoms with Crippen molar-refractivity contribution in [2.75, 3.05) is 33.7 Å². The Hall–Kier alpha value is -1.07. The Morgan fingerprint density at radius 1 is 1.60 bits per heavy atom. The minimum atomic E-state index is 0.0260. The third kappa shape index (κ3) is 3.96. The van der Waals surface area contributed by atoms with Crippen LogP contribution in [-0.2, 0) is 0 Å². The molecule has 1 fully saturated rings. The average molecular weight is 295 g/mol. The number of hydrogen-bond donors (Lipinski definition) is 1. The van der Waals surface area contributed by atoms with E-state index in [4.69, 9.17) is 0 Å². The van der Waals surface area contributed by atoms with E-state index in [1.807, 2.05) is 18.9 Å². The van der Waals surface area contributed by atoms with Gasteiger partial charge in [0.1, 0.15) is 0 Å². The number of carbonyl (C=O) groups excluding carboxylic acids is 1. The van der Waals surface area contributed by atoms with Crippen LogP contribution in [-0.4, -0.2) is 49.6 Å². The lowest BCUT2D eigenvalue weighted by Crippen LogP contribution is -2.41. The maximum absolute atomic E-state index is 12.2. The zero-order valence-corrected chi connectivity index (χ0v) is 13.7. The molecule has 0 aliphatic carbocycles. The number of nitrogens with zero attached hydrogens (tertiary/aromatic N) is 2. The van der Waals surface area contributed by atoms with Crippen molar-refractivity contribution < 1.29 is 4.79 Å². The number of rotatable bonds is 4. The van der Waals surface area contributed by atoms with Crippen LogP contribution in [0.15, 0.2) is 12.1 Å². The SMILES string of the molecule is Cc1ccc([C@@H](C)NC(=O)N(C)C[C@@H]2CCN(C)C2)s1. The molecule has 2 heterocycles. The zero-order chi connectivity index (χ0) is 14.7. The molecular weight excluding hydrogens is 270 g/mol. The molecule has 0 saturated carbocycles. The standard InChI is InChI=1S/C15H25N3OS/c1-11-5-6-14(20-11)12(2)16-15(19)18(4)10-13-7-8-17(3)9-13/h5-6,12-13H,7-10H2,1-4H3,(H,16,19)/t12-,13-/m1/s1. The van der Waals surface area contributed by atoms with Crippen LogP contribution in [0.25, 0.3) is 0 Å². The Morgan fingerprint density at radius 2 is 2.35 bits per heavy atom. The summed E-state index contributed by atoms with van der Waals surface area (Å²) >= 11 is 1.74.